The molecular formula is C23H34N2O5. The van der Waals surface area contributed by atoms with Gasteiger partial charge in [-0.25, -0.2) is 0 Å². The van der Waals surface area contributed by atoms with E-state index in [0.29, 0.717) is 25.7 Å². The van der Waals surface area contributed by atoms with Gasteiger partial charge in [-0.3, -0.25) is 14.4 Å². The van der Waals surface area contributed by atoms with Crippen LogP contribution in [0.15, 0.2) is 30.3 Å². The smallest absolute Gasteiger partial charge is 0.305 e. The molecule has 7 heteroatoms. The summed E-state index contributed by atoms with van der Waals surface area (Å²) in [7, 11) is 1.37. The molecule has 2 N–H and O–H groups in total. The van der Waals surface area contributed by atoms with Gasteiger partial charge in [-0.05, 0) is 30.7 Å². The maximum atomic E-state index is 12.7. The van der Waals surface area contributed by atoms with Gasteiger partial charge in [0.1, 0.15) is 12.3 Å². The van der Waals surface area contributed by atoms with Gasteiger partial charge in [0.15, 0.2) is 0 Å². The number of nitrogens with one attached hydrogen (secondary N) is 2. The first-order valence-corrected chi connectivity index (χ1v) is 10.5. The van der Waals surface area contributed by atoms with Crippen molar-refractivity contribution >= 4 is 24.1 Å². The van der Waals surface area contributed by atoms with Gasteiger partial charge in [0.05, 0.1) is 13.2 Å². The molecule has 0 saturated heterocycles. The van der Waals surface area contributed by atoms with Gasteiger partial charge in [0.25, 0.3) is 0 Å². The van der Waals surface area contributed by atoms with Gasteiger partial charge in [-0.1, -0.05) is 57.0 Å². The Labute approximate surface area is 178 Å². The predicted molar refractivity (Wildman–Crippen MR) is 115 cm³/mol. The van der Waals surface area contributed by atoms with Gasteiger partial charge in [-0.2, -0.15) is 0 Å². The normalized spacial score (nSPS) is 12.7. The van der Waals surface area contributed by atoms with Crippen LogP contribution in [0.3, 0.4) is 0 Å². The number of hydrogen-bond donors (Lipinski definition) is 2. The van der Waals surface area contributed by atoms with E-state index in [1.807, 2.05) is 44.2 Å². The van der Waals surface area contributed by atoms with E-state index < -0.39 is 12.1 Å². The SMILES string of the molecule is COC(=O)CCCCCCC(=O)N[C@H](C(=O)NC(C=O)Cc1ccccc1)C(C)C. The molecule has 1 rings (SSSR count). The van der Waals surface area contributed by atoms with Gasteiger partial charge < -0.3 is 20.2 Å². The van der Waals surface area contributed by atoms with E-state index in [1.54, 1.807) is 0 Å². The van der Waals surface area contributed by atoms with E-state index in [9.17, 15) is 19.2 Å². The number of aldehydes is 1. The zero-order valence-corrected chi connectivity index (χ0v) is 18.2. The van der Waals surface area contributed by atoms with Crippen molar-refractivity contribution in [3.63, 3.8) is 0 Å². The Morgan fingerprint density at radius 1 is 0.967 bits per heavy atom. The third-order valence-corrected chi connectivity index (χ3v) is 4.82. The molecule has 0 fully saturated rings. The van der Waals surface area contributed by atoms with Crippen LogP contribution in [0.4, 0.5) is 0 Å². The zero-order valence-electron chi connectivity index (χ0n) is 18.2. The predicted octanol–water partition coefficient (Wildman–Crippen LogP) is 2.57. The van der Waals surface area contributed by atoms with Crippen molar-refractivity contribution in [2.75, 3.05) is 7.11 Å². The van der Waals surface area contributed by atoms with E-state index in [-0.39, 0.29) is 23.7 Å². The van der Waals surface area contributed by atoms with Crippen molar-refractivity contribution in [3.05, 3.63) is 35.9 Å². The van der Waals surface area contributed by atoms with Crippen LogP contribution in [0.2, 0.25) is 0 Å². The molecule has 166 valence electrons. The maximum Gasteiger partial charge on any atom is 0.305 e. The Bertz CT molecular complexity index is 675. The first-order valence-electron chi connectivity index (χ1n) is 10.5. The number of ether oxygens (including phenoxy) is 1. The minimum absolute atomic E-state index is 0.113. The van der Waals surface area contributed by atoms with Crippen LogP contribution in [-0.4, -0.2) is 43.3 Å². The summed E-state index contributed by atoms with van der Waals surface area (Å²) in [6.45, 7) is 3.70. The Kier molecular flexibility index (Phi) is 12.1. The Balaban J connectivity index is 2.43. The molecule has 30 heavy (non-hydrogen) atoms. The van der Waals surface area contributed by atoms with Crippen LogP contribution in [0.1, 0.15) is 57.9 Å². The van der Waals surface area contributed by atoms with E-state index in [4.69, 9.17) is 0 Å². The number of carbonyl (C=O) groups is 4. The van der Waals surface area contributed by atoms with Crippen LogP contribution in [0.5, 0.6) is 0 Å². The monoisotopic (exact) mass is 418 g/mol. The molecule has 0 aliphatic carbocycles. The van der Waals surface area contributed by atoms with Crippen LogP contribution >= 0.6 is 0 Å². The second kappa shape index (κ2) is 14.3. The molecule has 7 nitrogen and oxygen atoms in total. The molecule has 0 aliphatic heterocycles. The van der Waals surface area contributed by atoms with Crippen molar-refractivity contribution in [3.8, 4) is 0 Å². The van der Waals surface area contributed by atoms with E-state index in [0.717, 1.165) is 31.1 Å². The van der Waals surface area contributed by atoms with Crippen molar-refractivity contribution in [1.29, 1.82) is 0 Å². The standard InChI is InChI=1S/C23H34N2O5/c1-17(2)22(25-20(27)13-9-4-5-10-14-21(28)30-3)23(29)24-19(16-26)15-18-11-7-6-8-12-18/h6-8,11-12,16-17,19,22H,4-5,9-10,13-15H2,1-3H3,(H,24,29)(H,25,27)/t19?,22-/m0/s1. The highest BCUT2D eigenvalue weighted by Crippen LogP contribution is 2.09. The van der Waals surface area contributed by atoms with Gasteiger partial charge in [-0.15, -0.1) is 0 Å². The van der Waals surface area contributed by atoms with Gasteiger partial charge in [0.2, 0.25) is 11.8 Å². The summed E-state index contributed by atoms with van der Waals surface area (Å²) in [5.74, 6) is -0.885. The third-order valence-electron chi connectivity index (χ3n) is 4.82. The topological polar surface area (TPSA) is 102 Å². The molecule has 1 unspecified atom stereocenters. The van der Waals surface area contributed by atoms with Crippen LogP contribution in [0, 0.1) is 5.92 Å². The molecule has 2 amide bonds. The van der Waals surface area contributed by atoms with Crippen molar-refractivity contribution < 1.29 is 23.9 Å². The van der Waals surface area contributed by atoms with E-state index in [2.05, 4.69) is 15.4 Å². The quantitative estimate of drug-likeness (QED) is 0.275. The molecule has 0 radical (unpaired) electrons. The molecule has 1 aromatic rings. The summed E-state index contributed by atoms with van der Waals surface area (Å²) in [5, 5.41) is 5.52. The Hall–Kier alpha value is -2.70. The first kappa shape index (κ1) is 25.3. The minimum atomic E-state index is -0.699. The molecular weight excluding hydrogens is 384 g/mol. The number of carbonyl (C=O) groups excluding carboxylic acids is 4. The fourth-order valence-electron chi connectivity index (χ4n) is 3.06. The average Bonchev–Trinajstić information content (AvgIpc) is 2.74. The fourth-order valence-corrected chi connectivity index (χ4v) is 3.06. The summed E-state index contributed by atoms with van der Waals surface area (Å²) in [6.07, 6.45) is 4.92. The highest BCUT2D eigenvalue weighted by atomic mass is 16.5. The third kappa shape index (κ3) is 10.2. The zero-order chi connectivity index (χ0) is 22.4. The summed E-state index contributed by atoms with van der Waals surface area (Å²) in [6, 6.07) is 8.10. The molecule has 0 bridgehead atoms. The van der Waals surface area contributed by atoms with Gasteiger partial charge >= 0.3 is 5.97 Å². The number of methoxy groups -OCH3 is 1. The second-order valence-electron chi connectivity index (χ2n) is 7.72. The summed E-state index contributed by atoms with van der Waals surface area (Å²) in [4.78, 5) is 47.4. The number of benzene rings is 1. The highest BCUT2D eigenvalue weighted by Gasteiger charge is 2.26. The lowest BCUT2D eigenvalue weighted by atomic mass is 10.0. The molecule has 0 aromatic heterocycles. The Morgan fingerprint density at radius 2 is 1.60 bits per heavy atom. The lowest BCUT2D eigenvalue weighted by Gasteiger charge is -2.23. The van der Waals surface area contributed by atoms with E-state index in [1.165, 1.54) is 7.11 Å². The summed E-state index contributed by atoms with van der Waals surface area (Å²) >= 11 is 0. The molecule has 1 aromatic carbocycles. The number of hydrogen-bond acceptors (Lipinski definition) is 5. The number of rotatable bonds is 14. The van der Waals surface area contributed by atoms with E-state index >= 15 is 0 Å². The van der Waals surface area contributed by atoms with Gasteiger partial charge in [0, 0.05) is 12.8 Å². The van der Waals surface area contributed by atoms with Crippen LogP contribution in [-0.2, 0) is 30.3 Å². The molecule has 2 atom stereocenters. The largest absolute Gasteiger partial charge is 0.469 e. The number of amides is 2. The summed E-state index contributed by atoms with van der Waals surface area (Å²) in [5.41, 5.74) is 0.951. The van der Waals surface area contributed by atoms with Crippen molar-refractivity contribution in [2.24, 2.45) is 5.92 Å². The maximum absolute atomic E-state index is 12.7. The van der Waals surface area contributed by atoms with Crippen molar-refractivity contribution in [1.82, 2.24) is 10.6 Å². The number of unbranched alkanes of at least 4 members (excludes halogenated alkanes) is 3. The highest BCUT2D eigenvalue weighted by molar-refractivity contribution is 5.89. The van der Waals surface area contributed by atoms with Crippen LogP contribution < -0.4 is 10.6 Å². The van der Waals surface area contributed by atoms with Crippen LogP contribution in [0.25, 0.3) is 0 Å². The lowest BCUT2D eigenvalue weighted by molar-refractivity contribution is -0.140. The number of esters is 1. The molecule has 0 spiro atoms. The molecule has 0 saturated carbocycles. The average molecular weight is 419 g/mol. The molecule has 0 aliphatic rings. The fraction of sp³-hybridized carbons (Fsp3) is 0.565. The summed E-state index contributed by atoms with van der Waals surface area (Å²) < 4.78 is 4.59. The second-order valence-corrected chi connectivity index (χ2v) is 7.72. The first-order chi connectivity index (χ1) is 14.4. The minimum Gasteiger partial charge on any atom is -0.469 e. The Morgan fingerprint density at radius 3 is 2.17 bits per heavy atom. The lowest BCUT2D eigenvalue weighted by Crippen LogP contribution is -2.52. The molecule has 0 heterocycles. The van der Waals surface area contributed by atoms with Crippen molar-refractivity contribution in [2.45, 2.75) is 70.9 Å².